The molecule has 0 atom stereocenters. The molecule has 124 valence electrons. The molecule has 5 nitrogen and oxygen atoms in total. The first-order valence-electron chi connectivity index (χ1n) is 7.99. The van der Waals surface area contributed by atoms with Crippen molar-refractivity contribution in [1.29, 1.82) is 5.26 Å². The predicted octanol–water partition coefficient (Wildman–Crippen LogP) is 3.25. The number of likely N-dealkylation sites (tertiary alicyclic amines) is 1. The number of thiophene rings is 1. The number of hydrogen-bond acceptors (Lipinski definition) is 5. The molecule has 1 aliphatic rings. The minimum Gasteiger partial charge on any atom is -0.476 e. The molecule has 0 aromatic carbocycles. The zero-order valence-corrected chi connectivity index (χ0v) is 14.4. The lowest BCUT2D eigenvalue weighted by atomic mass is 9.97. The van der Waals surface area contributed by atoms with Crippen molar-refractivity contribution < 1.29 is 9.53 Å². The van der Waals surface area contributed by atoms with Gasteiger partial charge in [-0.25, -0.2) is 4.98 Å². The first-order valence-corrected chi connectivity index (χ1v) is 8.87. The maximum absolute atomic E-state index is 12.4. The van der Waals surface area contributed by atoms with E-state index in [-0.39, 0.29) is 5.91 Å². The third-order valence-corrected chi connectivity index (χ3v) is 5.23. The summed E-state index contributed by atoms with van der Waals surface area (Å²) < 4.78 is 5.72. The minimum atomic E-state index is 0.129. The van der Waals surface area contributed by atoms with Gasteiger partial charge in [-0.2, -0.15) is 5.26 Å². The Morgan fingerprint density at radius 1 is 1.50 bits per heavy atom. The van der Waals surface area contributed by atoms with Crippen LogP contribution in [0.3, 0.4) is 0 Å². The molecule has 1 fully saturated rings. The van der Waals surface area contributed by atoms with Gasteiger partial charge < -0.3 is 9.64 Å². The monoisotopic (exact) mass is 341 g/mol. The van der Waals surface area contributed by atoms with E-state index in [1.807, 2.05) is 23.3 Å². The molecule has 1 saturated heterocycles. The first kappa shape index (κ1) is 16.5. The van der Waals surface area contributed by atoms with Crippen LogP contribution in [0.2, 0.25) is 0 Å². The SMILES string of the molecule is Cc1csc(C(=O)N2CCC(COc3ncccc3C#N)CC2)c1. The Balaban J connectivity index is 1.50. The number of aryl methyl sites for hydroxylation is 1. The van der Waals surface area contributed by atoms with Crippen LogP contribution in [0.5, 0.6) is 5.88 Å². The van der Waals surface area contributed by atoms with Crippen LogP contribution in [0.25, 0.3) is 0 Å². The van der Waals surface area contributed by atoms with Crippen molar-refractivity contribution in [2.45, 2.75) is 19.8 Å². The zero-order chi connectivity index (χ0) is 16.9. The number of aromatic nitrogens is 1. The summed E-state index contributed by atoms with van der Waals surface area (Å²) in [5.74, 6) is 0.907. The molecule has 2 aromatic rings. The zero-order valence-electron chi connectivity index (χ0n) is 13.6. The summed E-state index contributed by atoms with van der Waals surface area (Å²) in [6, 6.07) is 7.46. The lowest BCUT2D eigenvalue weighted by molar-refractivity contribution is 0.0664. The number of rotatable bonds is 4. The molecule has 0 aliphatic carbocycles. The number of piperidine rings is 1. The van der Waals surface area contributed by atoms with Crippen LogP contribution >= 0.6 is 11.3 Å². The van der Waals surface area contributed by atoms with Gasteiger partial charge in [-0.15, -0.1) is 11.3 Å². The van der Waals surface area contributed by atoms with Gasteiger partial charge in [-0.1, -0.05) is 0 Å². The lowest BCUT2D eigenvalue weighted by Gasteiger charge is -2.31. The van der Waals surface area contributed by atoms with Crippen LogP contribution in [0, 0.1) is 24.2 Å². The van der Waals surface area contributed by atoms with Crippen molar-refractivity contribution in [2.75, 3.05) is 19.7 Å². The smallest absolute Gasteiger partial charge is 0.263 e. The second kappa shape index (κ2) is 7.45. The largest absolute Gasteiger partial charge is 0.476 e. The predicted molar refractivity (Wildman–Crippen MR) is 92.1 cm³/mol. The Morgan fingerprint density at radius 2 is 2.29 bits per heavy atom. The lowest BCUT2D eigenvalue weighted by Crippen LogP contribution is -2.39. The number of ether oxygens (including phenoxy) is 1. The summed E-state index contributed by atoms with van der Waals surface area (Å²) in [5.41, 5.74) is 1.59. The number of nitrogens with zero attached hydrogens (tertiary/aromatic N) is 3. The van der Waals surface area contributed by atoms with E-state index in [0.717, 1.165) is 36.4 Å². The molecule has 3 heterocycles. The Labute approximate surface area is 145 Å². The Hall–Kier alpha value is -2.39. The number of hydrogen-bond donors (Lipinski definition) is 0. The molecule has 1 aliphatic heterocycles. The summed E-state index contributed by atoms with van der Waals surface area (Å²) in [7, 11) is 0. The topological polar surface area (TPSA) is 66.2 Å². The van der Waals surface area contributed by atoms with Gasteiger partial charge in [0, 0.05) is 19.3 Å². The summed E-state index contributed by atoms with van der Waals surface area (Å²) >= 11 is 1.51. The normalized spacial score (nSPS) is 15.1. The van der Waals surface area contributed by atoms with Crippen molar-refractivity contribution in [3.05, 3.63) is 45.8 Å². The molecule has 3 rings (SSSR count). The molecule has 2 aromatic heterocycles. The quantitative estimate of drug-likeness (QED) is 0.856. The van der Waals surface area contributed by atoms with E-state index in [9.17, 15) is 4.79 Å². The van der Waals surface area contributed by atoms with Crippen molar-refractivity contribution in [1.82, 2.24) is 9.88 Å². The fraction of sp³-hybridized carbons (Fsp3) is 0.389. The third-order valence-electron chi connectivity index (χ3n) is 4.19. The van der Waals surface area contributed by atoms with Crippen molar-refractivity contribution in [2.24, 2.45) is 5.92 Å². The molecule has 6 heteroatoms. The fourth-order valence-electron chi connectivity index (χ4n) is 2.79. The highest BCUT2D eigenvalue weighted by Gasteiger charge is 2.25. The highest BCUT2D eigenvalue weighted by atomic mass is 32.1. The average Bonchev–Trinajstić information content (AvgIpc) is 3.06. The van der Waals surface area contributed by atoms with Crippen molar-refractivity contribution in [3.63, 3.8) is 0 Å². The van der Waals surface area contributed by atoms with E-state index in [1.165, 1.54) is 11.3 Å². The highest BCUT2D eigenvalue weighted by molar-refractivity contribution is 7.12. The summed E-state index contributed by atoms with van der Waals surface area (Å²) in [4.78, 5) is 19.3. The van der Waals surface area contributed by atoms with E-state index >= 15 is 0 Å². The summed E-state index contributed by atoms with van der Waals surface area (Å²) in [6.07, 6.45) is 3.44. The Morgan fingerprint density at radius 3 is 2.96 bits per heavy atom. The van der Waals surface area contributed by atoms with Crippen molar-refractivity contribution >= 4 is 17.2 Å². The van der Waals surface area contributed by atoms with Gasteiger partial charge >= 0.3 is 0 Å². The van der Waals surface area contributed by atoms with Crippen LogP contribution in [0.4, 0.5) is 0 Å². The van der Waals surface area contributed by atoms with Gasteiger partial charge in [-0.3, -0.25) is 4.79 Å². The van der Waals surface area contributed by atoms with Gasteiger partial charge in [0.25, 0.3) is 5.91 Å². The Kier molecular flexibility index (Phi) is 5.11. The minimum absolute atomic E-state index is 0.129. The maximum Gasteiger partial charge on any atom is 0.263 e. The van der Waals surface area contributed by atoms with E-state index in [2.05, 4.69) is 11.1 Å². The van der Waals surface area contributed by atoms with Crippen LogP contribution in [-0.4, -0.2) is 35.5 Å². The standard InChI is InChI=1S/C18H19N3O2S/c1-13-9-16(24-12-13)18(22)21-7-4-14(5-8-21)11-23-17-15(10-19)3-2-6-20-17/h2-3,6,9,12,14H,4-5,7-8,11H2,1H3. The van der Waals surface area contributed by atoms with Gasteiger partial charge in [0.05, 0.1) is 11.5 Å². The summed E-state index contributed by atoms with van der Waals surface area (Å²) in [5, 5.41) is 11.1. The molecule has 0 saturated carbocycles. The number of carbonyl (C=O) groups excluding carboxylic acids is 1. The van der Waals surface area contributed by atoms with E-state index < -0.39 is 0 Å². The summed E-state index contributed by atoms with van der Waals surface area (Å²) in [6.45, 7) is 4.03. The molecule has 0 spiro atoms. The molecule has 0 bridgehead atoms. The number of pyridine rings is 1. The van der Waals surface area contributed by atoms with E-state index in [1.54, 1.807) is 18.3 Å². The van der Waals surface area contributed by atoms with Gasteiger partial charge in [0.1, 0.15) is 11.6 Å². The third kappa shape index (κ3) is 3.74. The van der Waals surface area contributed by atoms with Gasteiger partial charge in [0.15, 0.2) is 0 Å². The average molecular weight is 341 g/mol. The van der Waals surface area contributed by atoms with Crippen LogP contribution in [0.15, 0.2) is 29.8 Å². The highest BCUT2D eigenvalue weighted by Crippen LogP contribution is 2.23. The second-order valence-corrected chi connectivity index (χ2v) is 6.91. The van der Waals surface area contributed by atoms with Crippen LogP contribution in [-0.2, 0) is 0 Å². The molecule has 0 N–H and O–H groups in total. The second-order valence-electron chi connectivity index (χ2n) is 6.00. The molecular formula is C18H19N3O2S. The van der Waals surface area contributed by atoms with Gasteiger partial charge in [0.2, 0.25) is 5.88 Å². The van der Waals surface area contributed by atoms with E-state index in [0.29, 0.717) is 24.0 Å². The molecule has 0 unspecified atom stereocenters. The first-order chi connectivity index (χ1) is 11.7. The fourth-order valence-corrected chi connectivity index (χ4v) is 3.65. The molecule has 24 heavy (non-hydrogen) atoms. The maximum atomic E-state index is 12.4. The number of amides is 1. The molecule has 1 amide bonds. The van der Waals surface area contributed by atoms with E-state index in [4.69, 9.17) is 10.00 Å². The van der Waals surface area contributed by atoms with Gasteiger partial charge in [-0.05, 0) is 54.8 Å². The van der Waals surface area contributed by atoms with Crippen molar-refractivity contribution in [3.8, 4) is 11.9 Å². The number of nitriles is 1. The molecule has 0 radical (unpaired) electrons. The Bertz CT molecular complexity index is 758. The van der Waals surface area contributed by atoms with Crippen LogP contribution in [0.1, 0.15) is 33.6 Å². The molecular weight excluding hydrogens is 322 g/mol. The van der Waals surface area contributed by atoms with Crippen LogP contribution < -0.4 is 4.74 Å². The number of carbonyl (C=O) groups is 1.